The highest BCUT2D eigenvalue weighted by atomic mass is 16.5. The van der Waals surface area contributed by atoms with E-state index in [-0.39, 0.29) is 17.3 Å². The molecule has 5 rings (SSSR count). The number of nitrogens with two attached hydrogens (primary N) is 1. The van der Waals surface area contributed by atoms with E-state index >= 15 is 0 Å². The Kier molecular flexibility index (Phi) is 5.75. The fourth-order valence-electron chi connectivity index (χ4n) is 4.18. The highest BCUT2D eigenvalue weighted by Crippen LogP contribution is 2.47. The van der Waals surface area contributed by atoms with Crippen LogP contribution in [0, 0.1) is 11.8 Å². The molecular formula is C26H27N7O2. The highest BCUT2D eigenvalue weighted by molar-refractivity contribution is 6.16. The normalized spacial score (nSPS) is 13.9. The summed E-state index contributed by atoms with van der Waals surface area (Å²) < 4.78 is 9.03. The first kappa shape index (κ1) is 22.6. The molecule has 0 radical (unpaired) electrons. The molecule has 9 nitrogen and oxygen atoms in total. The summed E-state index contributed by atoms with van der Waals surface area (Å²) in [6.45, 7) is 5.41. The summed E-state index contributed by atoms with van der Waals surface area (Å²) in [5, 5.41) is 7.81. The summed E-state index contributed by atoms with van der Waals surface area (Å²) in [5.41, 5.74) is 10.1. The molecule has 178 valence electrons. The van der Waals surface area contributed by atoms with Crippen molar-refractivity contribution in [1.29, 1.82) is 0 Å². The summed E-state index contributed by atoms with van der Waals surface area (Å²) in [5.74, 6) is 6.37. The smallest absolute Gasteiger partial charge is 0.259 e. The van der Waals surface area contributed by atoms with Crippen LogP contribution in [0.3, 0.4) is 0 Å². The Morgan fingerprint density at radius 3 is 2.66 bits per heavy atom. The van der Waals surface area contributed by atoms with Crippen molar-refractivity contribution in [3.63, 3.8) is 0 Å². The molecule has 3 heterocycles. The monoisotopic (exact) mass is 469 g/mol. The van der Waals surface area contributed by atoms with Crippen LogP contribution in [-0.2, 0) is 23.4 Å². The van der Waals surface area contributed by atoms with Crippen LogP contribution >= 0.6 is 0 Å². The number of ether oxygens (including phenoxy) is 1. The molecule has 35 heavy (non-hydrogen) atoms. The summed E-state index contributed by atoms with van der Waals surface area (Å²) in [6.07, 6.45) is 6.96. The first-order valence-corrected chi connectivity index (χ1v) is 11.5. The Bertz CT molecular complexity index is 1470. The predicted molar refractivity (Wildman–Crippen MR) is 134 cm³/mol. The zero-order valence-corrected chi connectivity index (χ0v) is 20.0. The number of rotatable bonds is 6. The predicted octanol–water partition coefficient (Wildman–Crippen LogP) is 3.54. The Morgan fingerprint density at radius 1 is 1.23 bits per heavy atom. The van der Waals surface area contributed by atoms with Crippen LogP contribution in [-0.4, -0.2) is 37.3 Å². The molecule has 1 aliphatic carbocycles. The zero-order chi connectivity index (χ0) is 24.6. The lowest BCUT2D eigenvalue weighted by molar-refractivity contribution is 0.102. The Balaban J connectivity index is 1.64. The number of carbonyl (C=O) groups excluding carboxylic acids is 1. The third-order valence-corrected chi connectivity index (χ3v) is 6.32. The minimum absolute atomic E-state index is 0.184. The van der Waals surface area contributed by atoms with Gasteiger partial charge in [0.15, 0.2) is 0 Å². The van der Waals surface area contributed by atoms with Gasteiger partial charge in [-0.2, -0.15) is 5.10 Å². The van der Waals surface area contributed by atoms with Gasteiger partial charge in [-0.15, -0.1) is 0 Å². The van der Waals surface area contributed by atoms with Crippen molar-refractivity contribution in [3.8, 4) is 11.8 Å². The lowest BCUT2D eigenvalue weighted by Crippen LogP contribution is -2.18. The maximum absolute atomic E-state index is 13.7. The molecule has 1 aliphatic rings. The van der Waals surface area contributed by atoms with Gasteiger partial charge in [0.1, 0.15) is 23.5 Å². The van der Waals surface area contributed by atoms with Crippen LogP contribution in [0.2, 0.25) is 0 Å². The van der Waals surface area contributed by atoms with E-state index in [1.807, 2.05) is 46.6 Å². The van der Waals surface area contributed by atoms with Crippen molar-refractivity contribution in [2.45, 2.75) is 45.4 Å². The minimum Gasteiger partial charge on any atom is -0.383 e. The van der Waals surface area contributed by atoms with Crippen LogP contribution in [0.25, 0.3) is 11.0 Å². The molecule has 0 atom stereocenters. The third kappa shape index (κ3) is 4.24. The molecule has 1 aromatic carbocycles. The Morgan fingerprint density at radius 2 is 2.00 bits per heavy atom. The maximum Gasteiger partial charge on any atom is 0.259 e. The van der Waals surface area contributed by atoms with Gasteiger partial charge in [-0.1, -0.05) is 18.1 Å². The number of carbonyl (C=O) groups is 1. The first-order chi connectivity index (χ1) is 16.9. The Hall–Kier alpha value is -4.16. The quantitative estimate of drug-likeness (QED) is 0.418. The molecule has 0 bridgehead atoms. The molecule has 0 unspecified atom stereocenters. The molecule has 0 aliphatic heterocycles. The van der Waals surface area contributed by atoms with Gasteiger partial charge in [-0.05, 0) is 50.3 Å². The fourth-order valence-corrected chi connectivity index (χ4v) is 4.18. The molecule has 0 saturated heterocycles. The third-order valence-electron chi connectivity index (χ3n) is 6.32. The van der Waals surface area contributed by atoms with Crippen molar-refractivity contribution in [1.82, 2.24) is 24.3 Å². The highest BCUT2D eigenvalue weighted by Gasteiger charge is 2.43. The van der Waals surface area contributed by atoms with Gasteiger partial charge >= 0.3 is 0 Å². The number of amides is 1. The number of anilines is 2. The van der Waals surface area contributed by atoms with Crippen LogP contribution in [0.15, 0.2) is 43.0 Å². The van der Waals surface area contributed by atoms with E-state index in [2.05, 4.69) is 39.1 Å². The molecule has 1 fully saturated rings. The van der Waals surface area contributed by atoms with Crippen LogP contribution in [0.5, 0.6) is 0 Å². The van der Waals surface area contributed by atoms with E-state index in [1.54, 1.807) is 13.3 Å². The summed E-state index contributed by atoms with van der Waals surface area (Å²) >= 11 is 0. The second-order valence-electron chi connectivity index (χ2n) is 8.93. The number of nitrogen functional groups attached to an aromatic ring is 1. The van der Waals surface area contributed by atoms with E-state index < -0.39 is 0 Å². The minimum atomic E-state index is -0.312. The number of aromatic nitrogens is 5. The van der Waals surface area contributed by atoms with Crippen molar-refractivity contribution in [3.05, 3.63) is 65.4 Å². The van der Waals surface area contributed by atoms with Gasteiger partial charge in [0.25, 0.3) is 5.91 Å². The zero-order valence-electron chi connectivity index (χ0n) is 20.0. The summed E-state index contributed by atoms with van der Waals surface area (Å²) in [6, 6.07) is 7.52. The molecule has 4 aromatic rings. The van der Waals surface area contributed by atoms with Crippen molar-refractivity contribution >= 4 is 28.4 Å². The molecular weight excluding hydrogens is 442 g/mol. The lowest BCUT2D eigenvalue weighted by atomic mass is 10.1. The van der Waals surface area contributed by atoms with Gasteiger partial charge in [-0.3, -0.25) is 9.48 Å². The number of benzene rings is 1. The molecule has 1 amide bonds. The standard InChI is InChI=1S/C26H27N7O2/c1-4-32-14-18(13-30-32)7-10-20-21(25(34)31-19-8-5-17(6-9-19)15-35-3)22-23(27)28-16-29-24(22)33(20)26(2)11-12-26/h5-6,8-9,13-14,16H,4,11-12,15H2,1-3H3,(H,31,34)(H2,27,28,29). The number of hydrogen-bond donors (Lipinski definition) is 2. The maximum atomic E-state index is 13.7. The fraction of sp³-hybridized carbons (Fsp3) is 0.308. The summed E-state index contributed by atoms with van der Waals surface area (Å²) in [4.78, 5) is 22.4. The van der Waals surface area contributed by atoms with Gasteiger partial charge in [0.2, 0.25) is 0 Å². The van der Waals surface area contributed by atoms with Crippen LogP contribution < -0.4 is 11.1 Å². The van der Waals surface area contributed by atoms with E-state index in [0.29, 0.717) is 34.6 Å². The van der Waals surface area contributed by atoms with E-state index in [9.17, 15) is 4.79 Å². The number of fused-ring (bicyclic) bond motifs is 1. The number of methoxy groups -OCH3 is 1. The molecule has 3 N–H and O–H groups in total. The van der Waals surface area contributed by atoms with Gasteiger partial charge < -0.3 is 20.4 Å². The van der Waals surface area contributed by atoms with E-state index in [1.165, 1.54) is 6.33 Å². The average molecular weight is 470 g/mol. The van der Waals surface area contributed by atoms with E-state index in [4.69, 9.17) is 10.5 Å². The second-order valence-corrected chi connectivity index (χ2v) is 8.93. The number of hydrogen-bond acceptors (Lipinski definition) is 6. The molecule has 9 heteroatoms. The lowest BCUT2D eigenvalue weighted by Gasteiger charge is -2.14. The number of aryl methyl sites for hydroxylation is 1. The van der Waals surface area contributed by atoms with Gasteiger partial charge in [-0.25, -0.2) is 9.97 Å². The Labute approximate surface area is 203 Å². The number of nitrogens with one attached hydrogen (secondary N) is 1. The van der Waals surface area contributed by atoms with Crippen molar-refractivity contribution in [2.75, 3.05) is 18.2 Å². The first-order valence-electron chi connectivity index (χ1n) is 11.5. The van der Waals surface area contributed by atoms with Crippen molar-refractivity contribution in [2.24, 2.45) is 0 Å². The second kappa shape index (κ2) is 8.89. The number of nitrogens with zero attached hydrogens (tertiary/aromatic N) is 5. The SMILES string of the molecule is CCn1cc(C#Cc2c(C(=O)Nc3ccc(COC)cc3)c3c(N)ncnc3n2C2(C)CC2)cn1. The van der Waals surface area contributed by atoms with Crippen LogP contribution in [0.4, 0.5) is 11.5 Å². The van der Waals surface area contributed by atoms with Crippen molar-refractivity contribution < 1.29 is 9.53 Å². The van der Waals surface area contributed by atoms with E-state index in [0.717, 1.165) is 30.5 Å². The summed E-state index contributed by atoms with van der Waals surface area (Å²) in [7, 11) is 1.65. The largest absolute Gasteiger partial charge is 0.383 e. The van der Waals surface area contributed by atoms with Crippen LogP contribution in [0.1, 0.15) is 53.9 Å². The molecule has 0 spiro atoms. The average Bonchev–Trinajstić information content (AvgIpc) is 3.28. The molecule has 1 saturated carbocycles. The van der Waals surface area contributed by atoms with Gasteiger partial charge in [0.05, 0.1) is 29.3 Å². The molecule has 3 aromatic heterocycles. The van der Waals surface area contributed by atoms with Gasteiger partial charge in [0, 0.05) is 31.1 Å². The topological polar surface area (TPSA) is 113 Å².